The lowest BCUT2D eigenvalue weighted by Gasteiger charge is -2.21. The van der Waals surface area contributed by atoms with Crippen LogP contribution < -0.4 is 5.73 Å². The van der Waals surface area contributed by atoms with Crippen molar-refractivity contribution in [3.63, 3.8) is 0 Å². The first kappa shape index (κ1) is 12.1. The summed E-state index contributed by atoms with van der Waals surface area (Å²) in [4.78, 5) is 0. The number of rotatable bonds is 2. The zero-order chi connectivity index (χ0) is 11.8. The molecule has 0 aliphatic rings. The van der Waals surface area contributed by atoms with Gasteiger partial charge in [0.25, 0.3) is 0 Å². The first-order chi connectivity index (χ1) is 6.72. The lowest BCUT2D eigenvalue weighted by molar-refractivity contribution is 0.393. The van der Waals surface area contributed by atoms with E-state index in [9.17, 15) is 10.2 Å². The van der Waals surface area contributed by atoms with Gasteiger partial charge >= 0.3 is 0 Å². The highest BCUT2D eigenvalue weighted by atomic mass is 35.5. The zero-order valence-corrected chi connectivity index (χ0v) is 9.89. The van der Waals surface area contributed by atoms with Crippen LogP contribution in [0.4, 0.5) is 0 Å². The fourth-order valence-electron chi connectivity index (χ4n) is 1.44. The largest absolute Gasteiger partial charge is 0.504 e. The van der Waals surface area contributed by atoms with Gasteiger partial charge in [-0.25, -0.2) is 0 Å². The lowest BCUT2D eigenvalue weighted by Crippen LogP contribution is -2.34. The maximum Gasteiger partial charge on any atom is 0.161 e. The summed E-state index contributed by atoms with van der Waals surface area (Å²) in [6, 6.07) is 1.33. The van der Waals surface area contributed by atoms with Gasteiger partial charge < -0.3 is 15.9 Å². The molecule has 0 bridgehead atoms. The van der Waals surface area contributed by atoms with Crippen molar-refractivity contribution in [2.24, 2.45) is 5.73 Å². The first-order valence-corrected chi connectivity index (χ1v) is 5.09. The summed E-state index contributed by atoms with van der Waals surface area (Å²) in [5.41, 5.74) is 6.77. The van der Waals surface area contributed by atoms with E-state index in [4.69, 9.17) is 17.3 Å². The Labute approximate surface area is 94.5 Å². The fourth-order valence-corrected chi connectivity index (χ4v) is 1.66. The molecule has 1 aromatic rings. The van der Waals surface area contributed by atoms with Crippen LogP contribution in [0.3, 0.4) is 0 Å². The normalized spacial score (nSPS) is 11.8. The summed E-state index contributed by atoms with van der Waals surface area (Å²) in [5.74, 6) is -0.333. The van der Waals surface area contributed by atoms with Gasteiger partial charge in [0.15, 0.2) is 11.5 Å². The third kappa shape index (κ3) is 2.76. The molecule has 0 aromatic heterocycles. The number of halogens is 1. The molecule has 0 saturated carbocycles. The standard InChI is InChI=1S/C11H16ClNO2/c1-6-7(5-11(2,3)13)10(15)9(14)4-8(6)12/h4,14-15H,5,13H2,1-3H3. The molecule has 15 heavy (non-hydrogen) atoms. The second-order valence-electron chi connectivity index (χ2n) is 4.50. The van der Waals surface area contributed by atoms with Crippen LogP contribution in [0.1, 0.15) is 25.0 Å². The van der Waals surface area contributed by atoms with Crippen molar-refractivity contribution >= 4 is 11.6 Å². The van der Waals surface area contributed by atoms with Crippen molar-refractivity contribution in [3.8, 4) is 11.5 Å². The Morgan fingerprint density at radius 3 is 2.40 bits per heavy atom. The highest BCUT2D eigenvalue weighted by molar-refractivity contribution is 6.31. The summed E-state index contributed by atoms with van der Waals surface area (Å²) in [6.07, 6.45) is 0.457. The Balaban J connectivity index is 3.27. The quantitative estimate of drug-likeness (QED) is 0.682. The van der Waals surface area contributed by atoms with Crippen molar-refractivity contribution < 1.29 is 10.2 Å². The number of hydrogen-bond donors (Lipinski definition) is 3. The second-order valence-corrected chi connectivity index (χ2v) is 4.90. The lowest BCUT2D eigenvalue weighted by atomic mass is 9.92. The Hall–Kier alpha value is -0.930. The van der Waals surface area contributed by atoms with Crippen LogP contribution in [-0.4, -0.2) is 15.8 Å². The predicted molar refractivity (Wildman–Crippen MR) is 61.5 cm³/mol. The van der Waals surface area contributed by atoms with Crippen LogP contribution in [0.25, 0.3) is 0 Å². The summed E-state index contributed by atoms with van der Waals surface area (Å²) in [6.45, 7) is 5.50. The summed E-state index contributed by atoms with van der Waals surface area (Å²) < 4.78 is 0. The van der Waals surface area contributed by atoms with Gasteiger partial charge in [0, 0.05) is 22.2 Å². The Bertz CT molecular complexity index is 357. The molecular weight excluding hydrogens is 214 g/mol. The van der Waals surface area contributed by atoms with Crippen molar-refractivity contribution in [1.82, 2.24) is 0 Å². The van der Waals surface area contributed by atoms with Gasteiger partial charge in [0.2, 0.25) is 0 Å². The minimum atomic E-state index is -0.459. The molecule has 0 atom stereocenters. The molecule has 84 valence electrons. The summed E-state index contributed by atoms with van der Waals surface area (Å²) >= 11 is 5.91. The molecule has 0 aliphatic heterocycles. The molecular formula is C11H16ClNO2. The first-order valence-electron chi connectivity index (χ1n) is 4.71. The van der Waals surface area contributed by atoms with Gasteiger partial charge in [-0.05, 0) is 32.8 Å². The number of phenolic OH excluding ortho intramolecular Hbond substituents is 2. The van der Waals surface area contributed by atoms with E-state index in [1.807, 2.05) is 13.8 Å². The molecule has 0 spiro atoms. The predicted octanol–water partition coefficient (Wildman–Crippen LogP) is 2.34. The van der Waals surface area contributed by atoms with E-state index in [-0.39, 0.29) is 11.5 Å². The van der Waals surface area contributed by atoms with Gasteiger partial charge in [0.05, 0.1) is 0 Å². The van der Waals surface area contributed by atoms with E-state index in [0.29, 0.717) is 17.0 Å². The topological polar surface area (TPSA) is 66.5 Å². The minimum absolute atomic E-state index is 0.129. The maximum absolute atomic E-state index is 9.70. The molecule has 3 nitrogen and oxygen atoms in total. The van der Waals surface area contributed by atoms with E-state index in [1.54, 1.807) is 6.92 Å². The van der Waals surface area contributed by atoms with Crippen molar-refractivity contribution in [1.29, 1.82) is 0 Å². The van der Waals surface area contributed by atoms with Crippen LogP contribution in [0.2, 0.25) is 5.02 Å². The molecule has 1 aromatic carbocycles. The zero-order valence-electron chi connectivity index (χ0n) is 9.13. The highest BCUT2D eigenvalue weighted by Gasteiger charge is 2.20. The summed E-state index contributed by atoms with van der Waals surface area (Å²) in [7, 11) is 0. The third-order valence-corrected chi connectivity index (χ3v) is 2.63. The number of aromatic hydroxyl groups is 2. The van der Waals surface area contributed by atoms with Gasteiger partial charge in [-0.15, -0.1) is 0 Å². The van der Waals surface area contributed by atoms with E-state index < -0.39 is 5.54 Å². The van der Waals surface area contributed by atoms with Crippen LogP contribution in [0, 0.1) is 6.92 Å². The van der Waals surface area contributed by atoms with Gasteiger partial charge in [-0.3, -0.25) is 0 Å². The van der Waals surface area contributed by atoms with Crippen LogP contribution in [0.5, 0.6) is 11.5 Å². The van der Waals surface area contributed by atoms with Crippen molar-refractivity contribution in [3.05, 3.63) is 22.2 Å². The van der Waals surface area contributed by atoms with Gasteiger partial charge in [-0.2, -0.15) is 0 Å². The Morgan fingerprint density at radius 1 is 1.40 bits per heavy atom. The van der Waals surface area contributed by atoms with Crippen LogP contribution >= 0.6 is 11.6 Å². The highest BCUT2D eigenvalue weighted by Crippen LogP contribution is 2.37. The number of nitrogens with two attached hydrogens (primary N) is 1. The van der Waals surface area contributed by atoms with E-state index in [1.165, 1.54) is 6.07 Å². The number of phenols is 2. The minimum Gasteiger partial charge on any atom is -0.504 e. The molecule has 1 rings (SSSR count). The molecule has 0 heterocycles. The van der Waals surface area contributed by atoms with Crippen molar-refractivity contribution in [2.45, 2.75) is 32.7 Å². The molecule has 4 heteroatoms. The molecule has 4 N–H and O–H groups in total. The summed E-state index contributed by atoms with van der Waals surface area (Å²) in [5, 5.41) is 19.6. The molecule has 0 aliphatic carbocycles. The smallest absolute Gasteiger partial charge is 0.161 e. The van der Waals surface area contributed by atoms with Crippen molar-refractivity contribution in [2.75, 3.05) is 0 Å². The Kier molecular flexibility index (Phi) is 3.16. The van der Waals surface area contributed by atoms with Crippen LogP contribution in [0.15, 0.2) is 6.07 Å². The maximum atomic E-state index is 9.70. The van der Waals surface area contributed by atoms with E-state index in [2.05, 4.69) is 0 Å². The van der Waals surface area contributed by atoms with Gasteiger partial charge in [0.1, 0.15) is 0 Å². The third-order valence-electron chi connectivity index (χ3n) is 2.24. The van der Waals surface area contributed by atoms with E-state index in [0.717, 1.165) is 5.56 Å². The SMILES string of the molecule is Cc1c(Cl)cc(O)c(O)c1CC(C)(C)N. The number of benzene rings is 1. The number of hydrogen-bond acceptors (Lipinski definition) is 3. The average Bonchev–Trinajstić information content (AvgIpc) is 2.08. The van der Waals surface area contributed by atoms with Crippen LogP contribution in [-0.2, 0) is 6.42 Å². The molecule has 0 radical (unpaired) electrons. The monoisotopic (exact) mass is 229 g/mol. The average molecular weight is 230 g/mol. The fraction of sp³-hybridized carbons (Fsp3) is 0.455. The van der Waals surface area contributed by atoms with Gasteiger partial charge in [-0.1, -0.05) is 11.6 Å². The molecule has 0 amide bonds. The molecule has 0 saturated heterocycles. The molecule has 0 unspecified atom stereocenters. The molecule has 0 fully saturated rings. The second kappa shape index (κ2) is 3.91. The van der Waals surface area contributed by atoms with E-state index >= 15 is 0 Å². The Morgan fingerprint density at radius 2 is 1.93 bits per heavy atom.